The van der Waals surface area contributed by atoms with Crippen molar-refractivity contribution in [3.8, 4) is 0 Å². The molecule has 0 spiro atoms. The summed E-state index contributed by atoms with van der Waals surface area (Å²) in [7, 11) is 0. The van der Waals surface area contributed by atoms with Gasteiger partial charge in [-0.25, -0.2) is 4.98 Å². The average molecular weight is 396 g/mol. The van der Waals surface area contributed by atoms with Crippen molar-refractivity contribution in [2.24, 2.45) is 0 Å². The van der Waals surface area contributed by atoms with Crippen LogP contribution in [0.4, 0.5) is 9.93 Å². The van der Waals surface area contributed by atoms with Crippen molar-refractivity contribution in [3.63, 3.8) is 0 Å². The van der Waals surface area contributed by atoms with E-state index in [2.05, 4.69) is 15.3 Å². The highest BCUT2D eigenvalue weighted by molar-refractivity contribution is 8.18. The van der Waals surface area contributed by atoms with Gasteiger partial charge in [0.2, 0.25) is 5.91 Å². The summed E-state index contributed by atoms with van der Waals surface area (Å²) in [6.07, 6.45) is 3.14. The van der Waals surface area contributed by atoms with Crippen LogP contribution in [0.2, 0.25) is 0 Å². The molecule has 0 radical (unpaired) electrons. The Bertz CT molecular complexity index is 1050. The van der Waals surface area contributed by atoms with E-state index in [1.54, 1.807) is 24.4 Å². The van der Waals surface area contributed by atoms with Gasteiger partial charge < -0.3 is 5.32 Å². The van der Waals surface area contributed by atoms with E-state index < -0.39 is 17.1 Å². The minimum atomic E-state index is -0.505. The number of carbonyl (C=O) groups is 3. The maximum Gasteiger partial charge on any atom is 0.294 e. The molecule has 9 heteroatoms. The van der Waals surface area contributed by atoms with Gasteiger partial charge in [0.05, 0.1) is 20.8 Å². The maximum atomic E-state index is 12.4. The Morgan fingerprint density at radius 2 is 1.96 bits per heavy atom. The van der Waals surface area contributed by atoms with Crippen molar-refractivity contribution in [3.05, 3.63) is 59.3 Å². The van der Waals surface area contributed by atoms with E-state index in [9.17, 15) is 14.4 Å². The number of hydrogen-bond donors (Lipinski definition) is 1. The first kappa shape index (κ1) is 17.4. The molecule has 2 aromatic heterocycles. The van der Waals surface area contributed by atoms with E-state index in [1.807, 2.05) is 24.3 Å². The van der Waals surface area contributed by atoms with Crippen LogP contribution in [0.25, 0.3) is 16.3 Å². The summed E-state index contributed by atoms with van der Waals surface area (Å²) in [5, 5.41) is 2.59. The fourth-order valence-corrected chi connectivity index (χ4v) is 4.17. The zero-order valence-electron chi connectivity index (χ0n) is 13.8. The number of anilines is 1. The van der Waals surface area contributed by atoms with Crippen molar-refractivity contribution < 1.29 is 14.4 Å². The second-order valence-electron chi connectivity index (χ2n) is 5.56. The molecule has 27 heavy (non-hydrogen) atoms. The zero-order valence-corrected chi connectivity index (χ0v) is 15.4. The number of thioether (sulfide) groups is 1. The van der Waals surface area contributed by atoms with E-state index >= 15 is 0 Å². The lowest BCUT2D eigenvalue weighted by molar-refractivity contribution is -0.127. The summed E-state index contributed by atoms with van der Waals surface area (Å²) in [5.41, 5.74) is 1.35. The predicted molar refractivity (Wildman–Crippen MR) is 105 cm³/mol. The van der Waals surface area contributed by atoms with Gasteiger partial charge in [0, 0.05) is 6.20 Å². The molecule has 3 heterocycles. The molecule has 4 rings (SSSR count). The number of carbonyl (C=O) groups excluding carboxylic acids is 3. The van der Waals surface area contributed by atoms with E-state index in [0.717, 1.165) is 26.9 Å². The highest BCUT2D eigenvalue weighted by Crippen LogP contribution is 2.32. The van der Waals surface area contributed by atoms with Crippen LogP contribution in [-0.4, -0.2) is 38.5 Å². The molecule has 1 aliphatic rings. The molecule has 0 saturated carbocycles. The largest absolute Gasteiger partial charge is 0.300 e. The van der Waals surface area contributed by atoms with Crippen molar-refractivity contribution >= 4 is 61.6 Å². The predicted octanol–water partition coefficient (Wildman–Crippen LogP) is 3.37. The molecule has 1 saturated heterocycles. The molecule has 0 unspecified atom stereocenters. The highest BCUT2D eigenvalue weighted by Gasteiger charge is 2.36. The Morgan fingerprint density at radius 3 is 2.74 bits per heavy atom. The second-order valence-corrected chi connectivity index (χ2v) is 7.58. The monoisotopic (exact) mass is 396 g/mol. The molecule has 3 aromatic rings. The molecule has 0 atom stereocenters. The lowest BCUT2D eigenvalue weighted by atomic mass is 10.3. The number of nitrogens with zero attached hydrogens (tertiary/aromatic N) is 3. The number of pyridine rings is 1. The number of nitrogens with one attached hydrogen (secondary N) is 1. The molecule has 1 aliphatic heterocycles. The van der Waals surface area contributed by atoms with Crippen LogP contribution < -0.4 is 5.32 Å². The molecule has 134 valence electrons. The second kappa shape index (κ2) is 7.29. The zero-order chi connectivity index (χ0) is 18.8. The molecular weight excluding hydrogens is 384 g/mol. The van der Waals surface area contributed by atoms with Crippen LogP contribution >= 0.6 is 23.1 Å². The van der Waals surface area contributed by atoms with Gasteiger partial charge in [-0.15, -0.1) is 0 Å². The molecule has 1 N–H and O–H groups in total. The topological polar surface area (TPSA) is 92.3 Å². The fourth-order valence-electron chi connectivity index (χ4n) is 2.46. The summed E-state index contributed by atoms with van der Waals surface area (Å²) >= 11 is 2.13. The first-order valence-electron chi connectivity index (χ1n) is 7.92. The SMILES string of the molecule is O=C(CN1C(=O)S/C(=C\c2ccccn2)C1=O)Nc1nc2ccccc2s1. The van der Waals surface area contributed by atoms with Crippen LogP contribution in [0.15, 0.2) is 53.6 Å². The minimum Gasteiger partial charge on any atom is -0.300 e. The number of thiazole rings is 1. The van der Waals surface area contributed by atoms with Gasteiger partial charge in [-0.3, -0.25) is 24.3 Å². The van der Waals surface area contributed by atoms with Crippen LogP contribution in [0, 0.1) is 0 Å². The molecule has 0 aliphatic carbocycles. The number of aromatic nitrogens is 2. The fraction of sp³-hybridized carbons (Fsp3) is 0.0556. The van der Waals surface area contributed by atoms with Gasteiger partial charge in [-0.05, 0) is 42.1 Å². The molecule has 7 nitrogen and oxygen atoms in total. The van der Waals surface area contributed by atoms with Crippen molar-refractivity contribution in [2.45, 2.75) is 0 Å². The van der Waals surface area contributed by atoms with E-state index in [1.165, 1.54) is 17.4 Å². The molecule has 1 aromatic carbocycles. The Balaban J connectivity index is 1.45. The van der Waals surface area contributed by atoms with E-state index in [-0.39, 0.29) is 11.4 Å². The average Bonchev–Trinajstić information content (AvgIpc) is 3.18. The number of para-hydroxylation sites is 1. The smallest absolute Gasteiger partial charge is 0.294 e. The van der Waals surface area contributed by atoms with Gasteiger partial charge in [0.15, 0.2) is 5.13 Å². The van der Waals surface area contributed by atoms with Gasteiger partial charge in [0.1, 0.15) is 6.54 Å². The minimum absolute atomic E-state index is 0.242. The first-order valence-corrected chi connectivity index (χ1v) is 9.55. The lowest BCUT2D eigenvalue weighted by Crippen LogP contribution is -2.36. The number of amides is 3. The summed E-state index contributed by atoms with van der Waals surface area (Å²) < 4.78 is 0.942. The number of rotatable bonds is 4. The molecule has 0 bridgehead atoms. The molecular formula is C18H12N4O3S2. The quantitative estimate of drug-likeness (QED) is 0.680. The number of fused-ring (bicyclic) bond motifs is 1. The van der Waals surface area contributed by atoms with Gasteiger partial charge in [0.25, 0.3) is 11.1 Å². The maximum absolute atomic E-state index is 12.4. The summed E-state index contributed by atoms with van der Waals surface area (Å²) in [6, 6.07) is 12.8. The highest BCUT2D eigenvalue weighted by atomic mass is 32.2. The number of benzene rings is 1. The Hall–Kier alpha value is -3.04. The number of hydrogen-bond acceptors (Lipinski definition) is 7. The van der Waals surface area contributed by atoms with Gasteiger partial charge >= 0.3 is 0 Å². The van der Waals surface area contributed by atoms with E-state index in [0.29, 0.717) is 10.8 Å². The third-order valence-electron chi connectivity index (χ3n) is 3.68. The number of imide groups is 1. The summed E-state index contributed by atoms with van der Waals surface area (Å²) in [5.74, 6) is -0.981. The molecule has 3 amide bonds. The van der Waals surface area contributed by atoms with Crippen LogP contribution in [0.3, 0.4) is 0 Å². The van der Waals surface area contributed by atoms with Crippen molar-refractivity contribution in [2.75, 3.05) is 11.9 Å². The Morgan fingerprint density at radius 1 is 1.15 bits per heavy atom. The van der Waals surface area contributed by atoms with Crippen LogP contribution in [-0.2, 0) is 9.59 Å². The molecule has 1 fully saturated rings. The normalized spacial score (nSPS) is 15.7. The Labute approximate surface area is 162 Å². The van der Waals surface area contributed by atoms with Crippen LogP contribution in [0.5, 0.6) is 0 Å². The van der Waals surface area contributed by atoms with Gasteiger partial charge in [-0.2, -0.15) is 0 Å². The summed E-state index contributed by atoms with van der Waals surface area (Å²) in [4.78, 5) is 46.4. The third-order valence-corrected chi connectivity index (χ3v) is 5.54. The standard InChI is InChI=1S/C18H12N4O3S2/c23-15(21-17-20-12-6-1-2-7-13(12)26-17)10-22-16(24)14(27-18(22)25)9-11-5-3-4-8-19-11/h1-9H,10H2,(H,20,21,23)/b14-9-. The first-order chi connectivity index (χ1) is 13.1. The van der Waals surface area contributed by atoms with Gasteiger partial charge in [-0.1, -0.05) is 29.5 Å². The lowest BCUT2D eigenvalue weighted by Gasteiger charge is -2.11. The van der Waals surface area contributed by atoms with Crippen molar-refractivity contribution in [1.82, 2.24) is 14.9 Å². The summed E-state index contributed by atoms with van der Waals surface area (Å²) in [6.45, 7) is -0.361. The van der Waals surface area contributed by atoms with Crippen LogP contribution in [0.1, 0.15) is 5.69 Å². The third kappa shape index (κ3) is 3.74. The van der Waals surface area contributed by atoms with E-state index in [4.69, 9.17) is 0 Å². The van der Waals surface area contributed by atoms with Crippen molar-refractivity contribution in [1.29, 1.82) is 0 Å². The Kier molecular flexibility index (Phi) is 4.69.